The Labute approximate surface area is 102 Å². The molecular weight excluding hydrogens is 212 g/mol. The van der Waals surface area contributed by atoms with Gasteiger partial charge in [-0.15, -0.1) is 0 Å². The lowest BCUT2D eigenvalue weighted by atomic mass is 10.1. The largest absolute Gasteiger partial charge is 0.397 e. The number of hydrogen-bond acceptors (Lipinski definition) is 2. The summed E-state index contributed by atoms with van der Waals surface area (Å²) >= 11 is 0. The molecule has 92 valence electrons. The number of carbonyl (C=O) groups excluding carboxylic acids is 1. The summed E-state index contributed by atoms with van der Waals surface area (Å²) < 4.78 is 0. The van der Waals surface area contributed by atoms with E-state index in [-0.39, 0.29) is 17.2 Å². The van der Waals surface area contributed by atoms with Gasteiger partial charge in [0.1, 0.15) is 0 Å². The van der Waals surface area contributed by atoms with Gasteiger partial charge in [0.25, 0.3) is 0 Å². The first-order chi connectivity index (χ1) is 7.81. The number of nitrogens with two attached hydrogens (primary N) is 1. The standard InChI is InChI=1S/C14H20N2O/c1-8-5-11(15)12(6-9(8)2)16-13(17)10-7-14(10,3)4/h5-6,10H,7,15H2,1-4H3,(H,16,17). The lowest BCUT2D eigenvalue weighted by Crippen LogP contribution is -2.17. The Kier molecular flexibility index (Phi) is 2.64. The van der Waals surface area contributed by atoms with Crippen LogP contribution in [0.3, 0.4) is 0 Å². The molecule has 1 aromatic carbocycles. The van der Waals surface area contributed by atoms with Crippen LogP contribution >= 0.6 is 0 Å². The predicted molar refractivity (Wildman–Crippen MR) is 70.8 cm³/mol. The van der Waals surface area contributed by atoms with E-state index in [1.54, 1.807) is 0 Å². The third-order valence-electron chi connectivity index (χ3n) is 3.75. The van der Waals surface area contributed by atoms with Crippen LogP contribution in [0.4, 0.5) is 11.4 Å². The van der Waals surface area contributed by atoms with Gasteiger partial charge >= 0.3 is 0 Å². The summed E-state index contributed by atoms with van der Waals surface area (Å²) in [6, 6.07) is 3.85. The average Bonchev–Trinajstić information content (AvgIpc) is 2.84. The zero-order valence-corrected chi connectivity index (χ0v) is 10.9. The minimum atomic E-state index is 0.0879. The quantitative estimate of drug-likeness (QED) is 0.770. The maximum absolute atomic E-state index is 12.0. The maximum atomic E-state index is 12.0. The van der Waals surface area contributed by atoms with Gasteiger partial charge in [-0.05, 0) is 48.9 Å². The number of carbonyl (C=O) groups is 1. The number of rotatable bonds is 2. The van der Waals surface area contributed by atoms with Crippen LogP contribution in [0.2, 0.25) is 0 Å². The van der Waals surface area contributed by atoms with E-state index in [9.17, 15) is 4.79 Å². The molecule has 3 heteroatoms. The first kappa shape index (κ1) is 12.0. The van der Waals surface area contributed by atoms with Crippen molar-refractivity contribution >= 4 is 17.3 Å². The van der Waals surface area contributed by atoms with E-state index in [4.69, 9.17) is 5.73 Å². The highest BCUT2D eigenvalue weighted by Crippen LogP contribution is 2.52. The maximum Gasteiger partial charge on any atom is 0.228 e. The van der Waals surface area contributed by atoms with Crippen LogP contribution in [0.5, 0.6) is 0 Å². The molecular formula is C14H20N2O. The van der Waals surface area contributed by atoms with Crippen LogP contribution < -0.4 is 11.1 Å². The van der Waals surface area contributed by atoms with Gasteiger partial charge in [0.2, 0.25) is 5.91 Å². The molecule has 0 spiro atoms. The van der Waals surface area contributed by atoms with Crippen molar-refractivity contribution in [3.8, 4) is 0 Å². The first-order valence-electron chi connectivity index (χ1n) is 5.99. The summed E-state index contributed by atoms with van der Waals surface area (Å²) in [5.41, 5.74) is 9.73. The van der Waals surface area contributed by atoms with Gasteiger partial charge < -0.3 is 11.1 Å². The summed E-state index contributed by atoms with van der Waals surface area (Å²) in [7, 11) is 0. The van der Waals surface area contributed by atoms with Crippen LogP contribution in [0.1, 0.15) is 31.4 Å². The number of aryl methyl sites for hydroxylation is 2. The number of nitrogen functional groups attached to an aromatic ring is 1. The minimum absolute atomic E-state index is 0.0879. The second-order valence-corrected chi connectivity index (χ2v) is 5.76. The van der Waals surface area contributed by atoms with Gasteiger partial charge in [0.15, 0.2) is 0 Å². The second-order valence-electron chi connectivity index (χ2n) is 5.76. The Hall–Kier alpha value is -1.51. The Morgan fingerprint density at radius 2 is 1.88 bits per heavy atom. The van der Waals surface area contributed by atoms with Crippen LogP contribution in [0.25, 0.3) is 0 Å². The van der Waals surface area contributed by atoms with Crippen molar-refractivity contribution in [2.45, 2.75) is 34.1 Å². The Morgan fingerprint density at radius 3 is 2.41 bits per heavy atom. The molecule has 1 aliphatic rings. The van der Waals surface area contributed by atoms with Crippen LogP contribution in [-0.2, 0) is 4.79 Å². The normalized spacial score (nSPS) is 21.1. The summed E-state index contributed by atoms with van der Waals surface area (Å²) in [4.78, 5) is 12.0. The molecule has 0 bridgehead atoms. The van der Waals surface area contributed by atoms with Crippen LogP contribution in [0, 0.1) is 25.2 Å². The highest BCUT2D eigenvalue weighted by Gasteiger charge is 2.50. The molecule has 1 atom stereocenters. The van der Waals surface area contributed by atoms with Gasteiger partial charge in [-0.1, -0.05) is 13.8 Å². The molecule has 1 saturated carbocycles. The third-order valence-corrected chi connectivity index (χ3v) is 3.75. The molecule has 0 saturated heterocycles. The lowest BCUT2D eigenvalue weighted by molar-refractivity contribution is -0.117. The molecule has 2 rings (SSSR count). The highest BCUT2D eigenvalue weighted by molar-refractivity contribution is 5.97. The average molecular weight is 232 g/mol. The molecule has 0 aliphatic heterocycles. The Bertz CT molecular complexity index is 477. The van der Waals surface area contributed by atoms with Gasteiger partial charge in [-0.3, -0.25) is 4.79 Å². The minimum Gasteiger partial charge on any atom is -0.397 e. The van der Waals surface area contributed by atoms with Gasteiger partial charge in [-0.2, -0.15) is 0 Å². The first-order valence-corrected chi connectivity index (χ1v) is 5.99. The predicted octanol–water partition coefficient (Wildman–Crippen LogP) is 2.87. The Balaban J connectivity index is 2.14. The Morgan fingerprint density at radius 1 is 1.35 bits per heavy atom. The monoisotopic (exact) mass is 232 g/mol. The topological polar surface area (TPSA) is 55.1 Å². The van der Waals surface area contributed by atoms with E-state index in [2.05, 4.69) is 19.2 Å². The molecule has 1 unspecified atom stereocenters. The summed E-state index contributed by atoms with van der Waals surface area (Å²) in [6.45, 7) is 8.26. The van der Waals surface area contributed by atoms with E-state index >= 15 is 0 Å². The number of amides is 1. The van der Waals surface area contributed by atoms with Gasteiger partial charge in [-0.25, -0.2) is 0 Å². The molecule has 1 aliphatic carbocycles. The van der Waals surface area contributed by atoms with Crippen molar-refractivity contribution in [3.63, 3.8) is 0 Å². The molecule has 3 N–H and O–H groups in total. The lowest BCUT2D eigenvalue weighted by Gasteiger charge is -2.11. The van der Waals surface area contributed by atoms with Crippen LogP contribution in [0.15, 0.2) is 12.1 Å². The van der Waals surface area contributed by atoms with E-state index in [1.165, 1.54) is 0 Å². The fourth-order valence-electron chi connectivity index (χ4n) is 2.08. The number of benzene rings is 1. The van der Waals surface area contributed by atoms with Crippen molar-refractivity contribution in [2.75, 3.05) is 11.1 Å². The second kappa shape index (κ2) is 3.76. The summed E-state index contributed by atoms with van der Waals surface area (Å²) in [5.74, 6) is 0.216. The van der Waals surface area contributed by atoms with Crippen molar-refractivity contribution in [1.29, 1.82) is 0 Å². The number of hydrogen-bond donors (Lipinski definition) is 2. The van der Waals surface area contributed by atoms with Gasteiger partial charge in [0, 0.05) is 5.92 Å². The zero-order valence-electron chi connectivity index (χ0n) is 10.9. The van der Waals surface area contributed by atoms with Crippen molar-refractivity contribution in [3.05, 3.63) is 23.3 Å². The molecule has 3 nitrogen and oxygen atoms in total. The van der Waals surface area contributed by atoms with Crippen LogP contribution in [-0.4, -0.2) is 5.91 Å². The van der Waals surface area contributed by atoms with E-state index < -0.39 is 0 Å². The molecule has 1 aromatic rings. The molecule has 17 heavy (non-hydrogen) atoms. The fourth-order valence-corrected chi connectivity index (χ4v) is 2.08. The van der Waals surface area contributed by atoms with E-state index in [0.29, 0.717) is 5.69 Å². The van der Waals surface area contributed by atoms with E-state index in [1.807, 2.05) is 26.0 Å². The van der Waals surface area contributed by atoms with Gasteiger partial charge in [0.05, 0.1) is 11.4 Å². The summed E-state index contributed by atoms with van der Waals surface area (Å²) in [5, 5.41) is 2.93. The smallest absolute Gasteiger partial charge is 0.228 e. The molecule has 1 fully saturated rings. The number of nitrogens with one attached hydrogen (secondary N) is 1. The highest BCUT2D eigenvalue weighted by atomic mass is 16.2. The molecule has 1 amide bonds. The number of anilines is 2. The fraction of sp³-hybridized carbons (Fsp3) is 0.500. The third kappa shape index (κ3) is 2.28. The van der Waals surface area contributed by atoms with Crippen molar-refractivity contribution < 1.29 is 4.79 Å². The van der Waals surface area contributed by atoms with E-state index in [0.717, 1.165) is 23.2 Å². The molecule has 0 heterocycles. The SMILES string of the molecule is Cc1cc(N)c(NC(=O)C2CC2(C)C)cc1C. The summed E-state index contributed by atoms with van der Waals surface area (Å²) in [6.07, 6.45) is 0.962. The van der Waals surface area contributed by atoms with Crippen molar-refractivity contribution in [1.82, 2.24) is 0 Å². The molecule has 0 aromatic heterocycles. The zero-order chi connectivity index (χ0) is 12.8. The molecule has 0 radical (unpaired) electrons. The van der Waals surface area contributed by atoms with Crippen molar-refractivity contribution in [2.24, 2.45) is 11.3 Å².